The summed E-state index contributed by atoms with van der Waals surface area (Å²) in [5.41, 5.74) is 1.61. The highest BCUT2D eigenvalue weighted by molar-refractivity contribution is 7.17. The largest absolute Gasteiger partial charge is 0.462 e. The summed E-state index contributed by atoms with van der Waals surface area (Å²) >= 11 is 1.13. The van der Waals surface area contributed by atoms with Crippen LogP contribution in [0.3, 0.4) is 0 Å². The van der Waals surface area contributed by atoms with E-state index in [-0.39, 0.29) is 5.91 Å². The smallest absolute Gasteiger partial charge is 0.350 e. The summed E-state index contributed by atoms with van der Waals surface area (Å²) in [5.74, 6) is -0.599. The molecule has 0 aliphatic carbocycles. The number of hydrogen-bond acceptors (Lipinski definition) is 5. The second-order valence-electron chi connectivity index (χ2n) is 5.98. The molecule has 7 heteroatoms. The Morgan fingerprint density at radius 3 is 2.56 bits per heavy atom. The molecule has 0 bridgehead atoms. The van der Waals surface area contributed by atoms with E-state index in [1.165, 1.54) is 0 Å². The Hall–Kier alpha value is -2.93. The van der Waals surface area contributed by atoms with Crippen LogP contribution in [0.5, 0.6) is 0 Å². The fraction of sp³-hybridized carbons (Fsp3) is 0.250. The molecule has 6 nitrogen and oxygen atoms in total. The van der Waals surface area contributed by atoms with Gasteiger partial charge in [0, 0.05) is 18.8 Å². The van der Waals surface area contributed by atoms with Gasteiger partial charge in [0.1, 0.15) is 10.9 Å². The normalized spacial score (nSPS) is 11.8. The van der Waals surface area contributed by atoms with Crippen molar-refractivity contribution in [1.82, 2.24) is 9.55 Å². The molecule has 1 amide bonds. The predicted octanol–water partition coefficient (Wildman–Crippen LogP) is 3.85. The first-order valence-corrected chi connectivity index (χ1v) is 9.52. The molecule has 27 heavy (non-hydrogen) atoms. The topological polar surface area (TPSA) is 73.2 Å². The van der Waals surface area contributed by atoms with Crippen molar-refractivity contribution < 1.29 is 14.3 Å². The highest BCUT2D eigenvalue weighted by Gasteiger charge is 2.23. The minimum Gasteiger partial charge on any atom is -0.462 e. The van der Waals surface area contributed by atoms with Crippen LogP contribution in [0.15, 0.2) is 54.9 Å². The van der Waals surface area contributed by atoms with Crippen LogP contribution in [0.25, 0.3) is 0 Å². The Kier molecular flexibility index (Phi) is 6.03. The van der Waals surface area contributed by atoms with Crippen molar-refractivity contribution in [2.45, 2.75) is 26.3 Å². The van der Waals surface area contributed by atoms with Gasteiger partial charge in [0.25, 0.3) is 0 Å². The van der Waals surface area contributed by atoms with Crippen molar-refractivity contribution >= 4 is 28.3 Å². The fourth-order valence-electron chi connectivity index (χ4n) is 2.75. The molecule has 0 saturated carbocycles. The number of aromatic nitrogens is 2. The highest BCUT2D eigenvalue weighted by Crippen LogP contribution is 2.25. The molecule has 0 saturated heterocycles. The van der Waals surface area contributed by atoms with Crippen molar-refractivity contribution in [1.29, 1.82) is 0 Å². The monoisotopic (exact) mass is 383 g/mol. The molecule has 140 valence electrons. The van der Waals surface area contributed by atoms with Crippen LogP contribution in [0.4, 0.5) is 5.13 Å². The van der Waals surface area contributed by atoms with Gasteiger partial charge in [-0.15, -0.1) is 0 Å². The number of rotatable bonds is 7. The minimum atomic E-state index is -0.419. The number of nitrogens with one attached hydrogen (secondary N) is 1. The van der Waals surface area contributed by atoms with E-state index in [1.807, 2.05) is 59.4 Å². The Labute approximate surface area is 161 Å². The number of carbonyl (C=O) groups is 2. The molecule has 0 aliphatic rings. The summed E-state index contributed by atoms with van der Waals surface area (Å²) in [7, 11) is 0. The minimum absolute atomic E-state index is 0.181. The molecule has 1 atom stereocenters. The number of anilines is 1. The first-order valence-electron chi connectivity index (χ1n) is 8.70. The Bertz CT molecular complexity index is 904. The lowest BCUT2D eigenvalue weighted by atomic mass is 10.1. The van der Waals surface area contributed by atoms with E-state index in [0.29, 0.717) is 28.7 Å². The average molecular weight is 383 g/mol. The summed E-state index contributed by atoms with van der Waals surface area (Å²) in [6, 6.07) is 13.2. The zero-order valence-corrected chi connectivity index (χ0v) is 16.0. The zero-order chi connectivity index (χ0) is 19.2. The van der Waals surface area contributed by atoms with Crippen LogP contribution < -0.4 is 5.32 Å². The number of amides is 1. The maximum Gasteiger partial charge on any atom is 0.350 e. The summed E-state index contributed by atoms with van der Waals surface area (Å²) in [5, 5.41) is 3.24. The third kappa shape index (κ3) is 4.62. The van der Waals surface area contributed by atoms with Gasteiger partial charge in [-0.05, 0) is 31.5 Å². The SMILES string of the molecule is CCOC(=O)c1sc(NC(=O)C(Cc2ccccc2)n2cccc2)nc1C. The van der Waals surface area contributed by atoms with Gasteiger partial charge in [-0.2, -0.15) is 0 Å². The maximum atomic E-state index is 13.0. The van der Waals surface area contributed by atoms with Crippen LogP contribution in [0.1, 0.15) is 33.9 Å². The van der Waals surface area contributed by atoms with Gasteiger partial charge < -0.3 is 14.6 Å². The van der Waals surface area contributed by atoms with E-state index in [4.69, 9.17) is 4.74 Å². The summed E-state index contributed by atoms with van der Waals surface area (Å²) in [6.07, 6.45) is 4.28. The third-order valence-electron chi connectivity index (χ3n) is 4.05. The number of carbonyl (C=O) groups excluding carboxylic acids is 2. The number of ether oxygens (including phenoxy) is 1. The lowest BCUT2D eigenvalue weighted by Gasteiger charge is -2.18. The van der Waals surface area contributed by atoms with E-state index in [2.05, 4.69) is 10.3 Å². The van der Waals surface area contributed by atoms with Gasteiger partial charge >= 0.3 is 5.97 Å². The van der Waals surface area contributed by atoms with Gasteiger partial charge in [0.05, 0.1) is 12.3 Å². The van der Waals surface area contributed by atoms with Gasteiger partial charge in [-0.3, -0.25) is 4.79 Å². The number of esters is 1. The van der Waals surface area contributed by atoms with Crippen molar-refractivity contribution in [3.63, 3.8) is 0 Å². The molecule has 2 heterocycles. The van der Waals surface area contributed by atoms with E-state index >= 15 is 0 Å². The molecule has 1 aromatic carbocycles. The van der Waals surface area contributed by atoms with E-state index in [0.717, 1.165) is 16.9 Å². The number of hydrogen-bond donors (Lipinski definition) is 1. The van der Waals surface area contributed by atoms with Crippen LogP contribution in [-0.4, -0.2) is 28.0 Å². The molecule has 1 N–H and O–H groups in total. The van der Waals surface area contributed by atoms with Crippen molar-refractivity contribution in [3.05, 3.63) is 71.0 Å². The number of nitrogens with zero attached hydrogens (tertiary/aromatic N) is 2. The molecular weight excluding hydrogens is 362 g/mol. The van der Waals surface area contributed by atoms with Gasteiger partial charge in [-0.25, -0.2) is 9.78 Å². The van der Waals surface area contributed by atoms with Gasteiger partial charge in [0.2, 0.25) is 5.91 Å². The van der Waals surface area contributed by atoms with Crippen LogP contribution in [0, 0.1) is 6.92 Å². The first kappa shape index (κ1) is 18.8. The van der Waals surface area contributed by atoms with Crippen LogP contribution in [0.2, 0.25) is 0 Å². The molecule has 3 rings (SSSR count). The quantitative estimate of drug-likeness (QED) is 0.629. The summed E-state index contributed by atoms with van der Waals surface area (Å²) in [4.78, 5) is 29.6. The van der Waals surface area contributed by atoms with Crippen molar-refractivity contribution in [3.8, 4) is 0 Å². The van der Waals surface area contributed by atoms with Crippen molar-refractivity contribution in [2.75, 3.05) is 11.9 Å². The molecule has 2 aromatic heterocycles. The summed E-state index contributed by atoms with van der Waals surface area (Å²) in [6.45, 7) is 3.78. The predicted molar refractivity (Wildman–Crippen MR) is 105 cm³/mol. The van der Waals surface area contributed by atoms with E-state index < -0.39 is 12.0 Å². The van der Waals surface area contributed by atoms with Crippen LogP contribution >= 0.6 is 11.3 Å². The van der Waals surface area contributed by atoms with Gasteiger partial charge in [-0.1, -0.05) is 41.7 Å². The van der Waals surface area contributed by atoms with E-state index in [9.17, 15) is 9.59 Å². The maximum absolute atomic E-state index is 13.0. The molecule has 0 spiro atoms. The Morgan fingerprint density at radius 2 is 1.89 bits per heavy atom. The van der Waals surface area contributed by atoms with Crippen LogP contribution in [-0.2, 0) is 16.0 Å². The first-order chi connectivity index (χ1) is 13.1. The molecule has 0 aliphatic heterocycles. The van der Waals surface area contributed by atoms with Crippen molar-refractivity contribution in [2.24, 2.45) is 0 Å². The Balaban J connectivity index is 1.79. The lowest BCUT2D eigenvalue weighted by molar-refractivity contribution is -0.119. The molecule has 0 radical (unpaired) electrons. The second kappa shape index (κ2) is 8.64. The van der Waals surface area contributed by atoms with Gasteiger partial charge in [0.15, 0.2) is 5.13 Å². The number of benzene rings is 1. The summed E-state index contributed by atoms with van der Waals surface area (Å²) < 4.78 is 6.90. The Morgan fingerprint density at radius 1 is 1.19 bits per heavy atom. The lowest BCUT2D eigenvalue weighted by Crippen LogP contribution is -2.27. The second-order valence-corrected chi connectivity index (χ2v) is 6.98. The molecular formula is C20H21N3O3S. The number of thiazole rings is 1. The fourth-order valence-corrected chi connectivity index (χ4v) is 3.61. The average Bonchev–Trinajstić information content (AvgIpc) is 3.30. The molecule has 3 aromatic rings. The zero-order valence-electron chi connectivity index (χ0n) is 15.2. The number of aryl methyl sites for hydroxylation is 1. The molecule has 0 fully saturated rings. The molecule has 1 unspecified atom stereocenters. The highest BCUT2D eigenvalue weighted by atomic mass is 32.1. The standard InChI is InChI=1S/C20H21N3O3S/c1-3-26-19(25)17-14(2)21-20(27-17)22-18(24)16(23-11-7-8-12-23)13-15-9-5-4-6-10-15/h4-12,16H,3,13H2,1-2H3,(H,21,22,24). The third-order valence-corrected chi connectivity index (χ3v) is 5.10. The van der Waals surface area contributed by atoms with E-state index in [1.54, 1.807) is 13.8 Å².